The van der Waals surface area contributed by atoms with Crippen LogP contribution in [-0.2, 0) is 4.74 Å². The zero-order valence-corrected chi connectivity index (χ0v) is 14.5. The number of aromatic nitrogens is 1. The van der Waals surface area contributed by atoms with Crippen molar-refractivity contribution in [3.8, 4) is 11.5 Å². The van der Waals surface area contributed by atoms with Gasteiger partial charge in [0.1, 0.15) is 5.56 Å². The van der Waals surface area contributed by atoms with Crippen LogP contribution in [0.3, 0.4) is 0 Å². The molecule has 1 aliphatic rings. The zero-order chi connectivity index (χ0) is 18.3. The van der Waals surface area contributed by atoms with Crippen LogP contribution in [0.1, 0.15) is 56.6 Å². The van der Waals surface area contributed by atoms with Gasteiger partial charge < -0.3 is 19.5 Å². The molecule has 132 valence electrons. The lowest BCUT2D eigenvalue weighted by Crippen LogP contribution is -2.15. The third-order valence-electron chi connectivity index (χ3n) is 4.60. The molecular formula is C19H21NO5. The first-order valence-corrected chi connectivity index (χ1v) is 8.21. The summed E-state index contributed by atoms with van der Waals surface area (Å²) in [6.45, 7) is 5.04. The van der Waals surface area contributed by atoms with Crippen LogP contribution in [-0.4, -0.2) is 33.1 Å². The minimum absolute atomic E-state index is 0.167. The van der Waals surface area contributed by atoms with Gasteiger partial charge in [0.25, 0.3) is 0 Å². The van der Waals surface area contributed by atoms with E-state index in [-0.39, 0.29) is 17.1 Å². The number of hydrogen-bond acceptors (Lipinski definition) is 5. The number of esters is 1. The molecule has 1 aliphatic carbocycles. The summed E-state index contributed by atoms with van der Waals surface area (Å²) in [7, 11) is 0. The maximum atomic E-state index is 12.4. The van der Waals surface area contributed by atoms with Gasteiger partial charge in [0.2, 0.25) is 5.78 Å². The summed E-state index contributed by atoms with van der Waals surface area (Å²) in [6.07, 6.45) is 2.24. The van der Waals surface area contributed by atoms with Crippen molar-refractivity contribution < 1.29 is 24.5 Å². The topological polar surface area (TPSA) is 88.8 Å². The third-order valence-corrected chi connectivity index (χ3v) is 4.60. The molecule has 0 radical (unpaired) electrons. The number of rotatable bonds is 5. The molecule has 0 atom stereocenters. The van der Waals surface area contributed by atoms with Crippen LogP contribution in [0.15, 0.2) is 18.2 Å². The average Bonchev–Trinajstić information content (AvgIpc) is 3.35. The van der Waals surface area contributed by atoms with Gasteiger partial charge in [0, 0.05) is 23.0 Å². The van der Waals surface area contributed by atoms with Gasteiger partial charge in [-0.1, -0.05) is 6.07 Å². The van der Waals surface area contributed by atoms with E-state index in [1.807, 2.05) is 19.9 Å². The van der Waals surface area contributed by atoms with E-state index in [0.717, 1.165) is 24.2 Å². The van der Waals surface area contributed by atoms with E-state index in [2.05, 4.69) is 4.57 Å². The van der Waals surface area contributed by atoms with Crippen molar-refractivity contribution in [1.82, 2.24) is 4.57 Å². The number of aryl methyl sites for hydroxylation is 2. The van der Waals surface area contributed by atoms with Crippen LogP contribution in [0.2, 0.25) is 0 Å². The molecule has 0 unspecified atom stereocenters. The minimum Gasteiger partial charge on any atom is -0.504 e. The molecule has 0 amide bonds. The van der Waals surface area contributed by atoms with Crippen LogP contribution >= 0.6 is 0 Å². The van der Waals surface area contributed by atoms with E-state index in [4.69, 9.17) is 4.74 Å². The molecule has 6 nitrogen and oxygen atoms in total. The second-order valence-electron chi connectivity index (χ2n) is 6.51. The second-order valence-corrected chi connectivity index (χ2v) is 6.51. The highest BCUT2D eigenvalue weighted by Crippen LogP contribution is 2.38. The maximum absolute atomic E-state index is 12.4. The van der Waals surface area contributed by atoms with Crippen LogP contribution in [0, 0.1) is 20.8 Å². The Bertz CT molecular complexity index is 861. The van der Waals surface area contributed by atoms with E-state index in [9.17, 15) is 19.8 Å². The van der Waals surface area contributed by atoms with Gasteiger partial charge >= 0.3 is 5.97 Å². The average molecular weight is 343 g/mol. The molecule has 1 heterocycles. The summed E-state index contributed by atoms with van der Waals surface area (Å²) >= 11 is 0. The normalized spacial score (nSPS) is 13.7. The molecule has 1 aromatic heterocycles. The molecule has 0 bridgehead atoms. The zero-order valence-electron chi connectivity index (χ0n) is 14.5. The van der Waals surface area contributed by atoms with E-state index in [0.29, 0.717) is 17.2 Å². The Kier molecular flexibility index (Phi) is 4.29. The van der Waals surface area contributed by atoms with Gasteiger partial charge in [-0.25, -0.2) is 4.79 Å². The van der Waals surface area contributed by atoms with Crippen LogP contribution in [0.4, 0.5) is 0 Å². The summed E-state index contributed by atoms with van der Waals surface area (Å²) < 4.78 is 7.18. The molecule has 6 heteroatoms. The number of hydrogen-bond donors (Lipinski definition) is 2. The molecule has 0 spiro atoms. The number of nitrogens with zero attached hydrogens (tertiary/aromatic N) is 1. The summed E-state index contributed by atoms with van der Waals surface area (Å²) in [5.74, 6) is -2.04. The number of phenolic OH excluding ortho intramolecular Hbond substituents is 2. The number of carbonyl (C=O) groups excluding carboxylic acids is 2. The molecule has 1 saturated carbocycles. The molecule has 3 rings (SSSR count). The van der Waals surface area contributed by atoms with Gasteiger partial charge in [-0.2, -0.15) is 0 Å². The first-order valence-electron chi connectivity index (χ1n) is 8.21. The smallest absolute Gasteiger partial charge is 0.342 e. The number of benzene rings is 1. The number of phenols is 2. The summed E-state index contributed by atoms with van der Waals surface area (Å²) in [4.78, 5) is 24.5. The minimum atomic E-state index is -0.850. The maximum Gasteiger partial charge on any atom is 0.342 e. The highest BCUT2D eigenvalue weighted by molar-refractivity contribution is 6.01. The Labute approximate surface area is 145 Å². The van der Waals surface area contributed by atoms with E-state index >= 15 is 0 Å². The quantitative estimate of drug-likeness (QED) is 0.494. The van der Waals surface area contributed by atoms with Gasteiger partial charge in [-0.3, -0.25) is 4.79 Å². The van der Waals surface area contributed by atoms with E-state index in [1.165, 1.54) is 12.1 Å². The fourth-order valence-corrected chi connectivity index (χ4v) is 3.09. The van der Waals surface area contributed by atoms with Crippen molar-refractivity contribution in [2.24, 2.45) is 0 Å². The Hall–Kier alpha value is -2.76. The van der Waals surface area contributed by atoms with Gasteiger partial charge in [-0.05, 0) is 51.3 Å². The summed E-state index contributed by atoms with van der Waals surface area (Å²) in [5.41, 5.74) is 2.73. The predicted octanol–water partition coefficient (Wildman–Crippen LogP) is 3.20. The Morgan fingerprint density at radius 3 is 2.44 bits per heavy atom. The molecule has 0 aliphatic heterocycles. The van der Waals surface area contributed by atoms with Crippen LogP contribution in [0.25, 0.3) is 0 Å². The third kappa shape index (κ3) is 3.12. The van der Waals surface area contributed by atoms with Crippen molar-refractivity contribution >= 4 is 11.8 Å². The Morgan fingerprint density at radius 2 is 1.80 bits per heavy atom. The highest BCUT2D eigenvalue weighted by Gasteiger charge is 2.28. The fraction of sp³-hybridized carbons (Fsp3) is 0.368. The largest absolute Gasteiger partial charge is 0.504 e. The standard InChI is InChI=1S/C19H21NO5/c1-10-4-7-14(18(23)17(10)22)19(24)25-9-16(21)15-8-11(2)20(12(15)3)13-5-6-13/h4,7-8,13,22-23H,5-6,9H2,1-3H3. The lowest BCUT2D eigenvalue weighted by Gasteiger charge is -2.09. The van der Waals surface area contributed by atoms with Crippen molar-refractivity contribution in [2.45, 2.75) is 39.7 Å². The summed E-state index contributed by atoms with van der Waals surface area (Å²) in [6, 6.07) is 5.14. The van der Waals surface area contributed by atoms with Gasteiger partial charge in [0.05, 0.1) is 0 Å². The molecule has 25 heavy (non-hydrogen) atoms. The van der Waals surface area contributed by atoms with Crippen molar-refractivity contribution in [2.75, 3.05) is 6.61 Å². The number of ether oxygens (including phenoxy) is 1. The first-order chi connectivity index (χ1) is 11.8. The van der Waals surface area contributed by atoms with Crippen molar-refractivity contribution in [3.63, 3.8) is 0 Å². The monoisotopic (exact) mass is 343 g/mol. The predicted molar refractivity (Wildman–Crippen MR) is 91.3 cm³/mol. The molecule has 2 aromatic rings. The van der Waals surface area contributed by atoms with Crippen LogP contribution < -0.4 is 0 Å². The second kappa shape index (κ2) is 6.27. The number of carbonyl (C=O) groups is 2. The van der Waals surface area contributed by atoms with Gasteiger partial charge in [0.15, 0.2) is 18.1 Å². The van der Waals surface area contributed by atoms with E-state index in [1.54, 1.807) is 6.92 Å². The fourth-order valence-electron chi connectivity index (χ4n) is 3.09. The molecule has 1 aromatic carbocycles. The SMILES string of the molecule is Cc1ccc(C(=O)OCC(=O)c2cc(C)n(C3CC3)c2C)c(O)c1O. The molecule has 0 saturated heterocycles. The number of Topliss-reactive ketones (excluding diaryl/α,β-unsaturated/α-hetero) is 1. The van der Waals surface area contributed by atoms with Crippen molar-refractivity contribution in [3.05, 3.63) is 46.3 Å². The van der Waals surface area contributed by atoms with Crippen LogP contribution in [0.5, 0.6) is 11.5 Å². The molecule has 2 N–H and O–H groups in total. The number of aromatic hydroxyl groups is 2. The highest BCUT2D eigenvalue weighted by atomic mass is 16.5. The Balaban J connectivity index is 1.72. The van der Waals surface area contributed by atoms with Crippen molar-refractivity contribution in [1.29, 1.82) is 0 Å². The molecular weight excluding hydrogens is 322 g/mol. The number of ketones is 1. The first kappa shape index (κ1) is 17.1. The van der Waals surface area contributed by atoms with Gasteiger partial charge in [-0.15, -0.1) is 0 Å². The molecule has 1 fully saturated rings. The lowest BCUT2D eigenvalue weighted by molar-refractivity contribution is 0.0471. The Morgan fingerprint density at radius 1 is 1.12 bits per heavy atom. The summed E-state index contributed by atoms with van der Waals surface area (Å²) in [5, 5.41) is 19.5. The van der Waals surface area contributed by atoms with E-state index < -0.39 is 18.3 Å². The lowest BCUT2D eigenvalue weighted by atomic mass is 10.1.